The van der Waals surface area contributed by atoms with E-state index < -0.39 is 0 Å². The lowest BCUT2D eigenvalue weighted by Crippen LogP contribution is -2.33. The molecule has 1 aliphatic rings. The molecule has 1 N–H and O–H groups in total. The third-order valence-corrected chi connectivity index (χ3v) is 4.05. The Labute approximate surface area is 140 Å². The second-order valence-corrected chi connectivity index (χ2v) is 5.65. The molecular weight excluding hydrogens is 320 g/mol. The van der Waals surface area contributed by atoms with E-state index in [1.54, 1.807) is 37.3 Å². The van der Waals surface area contributed by atoms with Gasteiger partial charge in [0.25, 0.3) is 0 Å². The maximum atomic E-state index is 12.3. The van der Waals surface area contributed by atoms with E-state index in [0.29, 0.717) is 42.6 Å². The van der Waals surface area contributed by atoms with Gasteiger partial charge in [-0.15, -0.1) is 11.6 Å². The quantitative estimate of drug-likeness (QED) is 0.607. The van der Waals surface area contributed by atoms with E-state index in [-0.39, 0.29) is 24.2 Å². The van der Waals surface area contributed by atoms with Crippen molar-refractivity contribution in [2.75, 3.05) is 38.1 Å². The minimum Gasteiger partial charge on any atom is -0.497 e. The van der Waals surface area contributed by atoms with Crippen molar-refractivity contribution in [1.82, 2.24) is 5.32 Å². The van der Waals surface area contributed by atoms with Crippen molar-refractivity contribution in [1.29, 1.82) is 0 Å². The van der Waals surface area contributed by atoms with Crippen LogP contribution in [-0.4, -0.2) is 45.0 Å². The molecule has 1 atom stereocenters. The van der Waals surface area contributed by atoms with Gasteiger partial charge in [-0.3, -0.25) is 9.59 Å². The van der Waals surface area contributed by atoms with Gasteiger partial charge < -0.3 is 19.7 Å². The number of ether oxygens (including phenoxy) is 2. The van der Waals surface area contributed by atoms with E-state index in [9.17, 15) is 9.59 Å². The Morgan fingerprint density at radius 2 is 2.17 bits per heavy atom. The van der Waals surface area contributed by atoms with Crippen LogP contribution < -0.4 is 19.7 Å². The van der Waals surface area contributed by atoms with Crippen molar-refractivity contribution < 1.29 is 19.1 Å². The third kappa shape index (κ3) is 4.07. The fourth-order valence-corrected chi connectivity index (χ4v) is 2.68. The summed E-state index contributed by atoms with van der Waals surface area (Å²) < 4.78 is 10.5. The van der Waals surface area contributed by atoms with Crippen LogP contribution in [0.4, 0.5) is 5.69 Å². The Morgan fingerprint density at radius 3 is 2.83 bits per heavy atom. The molecule has 2 rings (SSSR count). The van der Waals surface area contributed by atoms with Crippen LogP contribution in [0.5, 0.6) is 11.5 Å². The zero-order valence-electron chi connectivity index (χ0n) is 13.3. The SMILES string of the molecule is COc1ccc(OC)c(N2C[C@@H](C(=O)NCCCCl)CC2=O)c1. The number of hydrogen-bond donors (Lipinski definition) is 1. The van der Waals surface area contributed by atoms with E-state index in [2.05, 4.69) is 5.32 Å². The molecule has 126 valence electrons. The van der Waals surface area contributed by atoms with Crippen molar-refractivity contribution in [2.45, 2.75) is 12.8 Å². The minimum atomic E-state index is -0.367. The van der Waals surface area contributed by atoms with Crippen LogP contribution in [-0.2, 0) is 9.59 Å². The molecule has 2 amide bonds. The van der Waals surface area contributed by atoms with Crippen LogP contribution in [0.15, 0.2) is 18.2 Å². The van der Waals surface area contributed by atoms with E-state index in [0.717, 1.165) is 0 Å². The van der Waals surface area contributed by atoms with E-state index in [1.165, 1.54) is 0 Å². The van der Waals surface area contributed by atoms with Crippen molar-refractivity contribution in [3.05, 3.63) is 18.2 Å². The normalized spacial score (nSPS) is 17.3. The van der Waals surface area contributed by atoms with Gasteiger partial charge in [0, 0.05) is 31.5 Å². The fraction of sp³-hybridized carbons (Fsp3) is 0.500. The van der Waals surface area contributed by atoms with Crippen LogP contribution in [0.1, 0.15) is 12.8 Å². The zero-order valence-corrected chi connectivity index (χ0v) is 14.1. The number of nitrogens with zero attached hydrogens (tertiary/aromatic N) is 1. The highest BCUT2D eigenvalue weighted by Crippen LogP contribution is 2.35. The number of benzene rings is 1. The van der Waals surface area contributed by atoms with Crippen molar-refractivity contribution in [3.8, 4) is 11.5 Å². The smallest absolute Gasteiger partial charge is 0.227 e. The topological polar surface area (TPSA) is 67.9 Å². The molecule has 1 aliphatic heterocycles. The van der Waals surface area contributed by atoms with Gasteiger partial charge in [-0.25, -0.2) is 0 Å². The van der Waals surface area contributed by atoms with Crippen LogP contribution in [0, 0.1) is 5.92 Å². The van der Waals surface area contributed by atoms with Gasteiger partial charge in [0.15, 0.2) is 0 Å². The summed E-state index contributed by atoms with van der Waals surface area (Å²) in [5.74, 6) is 1.11. The molecule has 1 fully saturated rings. The molecular formula is C16H21ClN2O4. The van der Waals surface area contributed by atoms with Gasteiger partial charge in [0.05, 0.1) is 25.8 Å². The highest BCUT2D eigenvalue weighted by atomic mass is 35.5. The number of anilines is 1. The first-order valence-electron chi connectivity index (χ1n) is 7.46. The van der Waals surface area contributed by atoms with Crippen LogP contribution in [0.25, 0.3) is 0 Å². The number of halogens is 1. The fourth-order valence-electron chi connectivity index (χ4n) is 2.55. The number of amides is 2. The molecule has 0 bridgehead atoms. The van der Waals surface area contributed by atoms with Crippen molar-refractivity contribution in [2.24, 2.45) is 5.92 Å². The summed E-state index contributed by atoms with van der Waals surface area (Å²) in [6.07, 6.45) is 0.897. The predicted molar refractivity (Wildman–Crippen MR) is 88.4 cm³/mol. The second-order valence-electron chi connectivity index (χ2n) is 5.28. The van der Waals surface area contributed by atoms with Crippen molar-refractivity contribution in [3.63, 3.8) is 0 Å². The zero-order chi connectivity index (χ0) is 16.8. The van der Waals surface area contributed by atoms with E-state index >= 15 is 0 Å². The van der Waals surface area contributed by atoms with Gasteiger partial charge in [0.1, 0.15) is 11.5 Å². The highest BCUT2D eigenvalue weighted by molar-refractivity contribution is 6.17. The Balaban J connectivity index is 2.12. The van der Waals surface area contributed by atoms with Gasteiger partial charge in [-0.1, -0.05) is 0 Å². The first-order valence-corrected chi connectivity index (χ1v) is 8.00. The molecule has 0 saturated carbocycles. The largest absolute Gasteiger partial charge is 0.497 e. The van der Waals surface area contributed by atoms with E-state index in [1.807, 2.05) is 0 Å². The molecule has 0 aliphatic carbocycles. The monoisotopic (exact) mass is 340 g/mol. The lowest BCUT2D eigenvalue weighted by atomic mass is 10.1. The summed E-state index contributed by atoms with van der Waals surface area (Å²) in [5.41, 5.74) is 0.618. The molecule has 23 heavy (non-hydrogen) atoms. The van der Waals surface area contributed by atoms with Crippen molar-refractivity contribution >= 4 is 29.1 Å². The number of carbonyl (C=O) groups is 2. The average molecular weight is 341 g/mol. The minimum absolute atomic E-state index is 0.103. The molecule has 1 heterocycles. The molecule has 1 saturated heterocycles. The predicted octanol–water partition coefficient (Wildman–Crippen LogP) is 1.80. The number of methoxy groups -OCH3 is 2. The average Bonchev–Trinajstić information content (AvgIpc) is 2.96. The van der Waals surface area contributed by atoms with Gasteiger partial charge in [0.2, 0.25) is 11.8 Å². The van der Waals surface area contributed by atoms with Gasteiger partial charge >= 0.3 is 0 Å². The first-order chi connectivity index (χ1) is 11.1. The first kappa shape index (κ1) is 17.4. The molecule has 1 aromatic rings. The Bertz CT molecular complexity index is 579. The Hall–Kier alpha value is -1.95. The summed E-state index contributed by atoms with van der Waals surface area (Å²) in [4.78, 5) is 26.0. The molecule has 1 aromatic carbocycles. The summed E-state index contributed by atoms with van der Waals surface area (Å²) in [5, 5.41) is 2.81. The summed E-state index contributed by atoms with van der Waals surface area (Å²) in [6, 6.07) is 5.25. The van der Waals surface area contributed by atoms with E-state index in [4.69, 9.17) is 21.1 Å². The van der Waals surface area contributed by atoms with Crippen LogP contribution >= 0.6 is 11.6 Å². The third-order valence-electron chi connectivity index (χ3n) is 3.78. The maximum Gasteiger partial charge on any atom is 0.227 e. The lowest BCUT2D eigenvalue weighted by molar-refractivity contribution is -0.126. The Kier molecular flexibility index (Phi) is 6.10. The summed E-state index contributed by atoms with van der Waals surface area (Å²) in [7, 11) is 3.10. The molecule has 0 spiro atoms. The molecule has 7 heteroatoms. The number of rotatable bonds is 7. The molecule has 0 aromatic heterocycles. The molecule has 0 unspecified atom stereocenters. The van der Waals surface area contributed by atoms with Crippen LogP contribution in [0.2, 0.25) is 0 Å². The lowest BCUT2D eigenvalue weighted by Gasteiger charge is -2.20. The van der Waals surface area contributed by atoms with Crippen LogP contribution in [0.3, 0.4) is 0 Å². The number of alkyl halides is 1. The summed E-state index contributed by atoms with van der Waals surface area (Å²) in [6.45, 7) is 0.852. The maximum absolute atomic E-state index is 12.3. The second kappa shape index (κ2) is 8.06. The summed E-state index contributed by atoms with van der Waals surface area (Å²) >= 11 is 5.59. The highest BCUT2D eigenvalue weighted by Gasteiger charge is 2.36. The standard InChI is InChI=1S/C16H21ClN2O4/c1-22-12-4-5-14(23-2)13(9-12)19-10-11(8-15(19)20)16(21)18-7-3-6-17/h4-5,9,11H,3,6-8,10H2,1-2H3,(H,18,21)/t11-/m0/s1. The number of nitrogens with one attached hydrogen (secondary N) is 1. The number of carbonyl (C=O) groups excluding carboxylic acids is 2. The molecule has 0 radical (unpaired) electrons. The molecule has 6 nitrogen and oxygen atoms in total. The Morgan fingerprint density at radius 1 is 1.39 bits per heavy atom. The van der Waals surface area contributed by atoms with Gasteiger partial charge in [-0.2, -0.15) is 0 Å². The number of hydrogen-bond acceptors (Lipinski definition) is 4. The van der Waals surface area contributed by atoms with Gasteiger partial charge in [-0.05, 0) is 18.6 Å².